The first-order valence-electron chi connectivity index (χ1n) is 10.9. The van der Waals surface area contributed by atoms with Crippen LogP contribution in [0.4, 0.5) is 10.5 Å². The van der Waals surface area contributed by atoms with Crippen LogP contribution in [-0.2, 0) is 16.2 Å². The third kappa shape index (κ3) is 4.89. The van der Waals surface area contributed by atoms with Gasteiger partial charge >= 0.3 is 12.0 Å². The largest absolute Gasteiger partial charge is 0.488 e. The summed E-state index contributed by atoms with van der Waals surface area (Å²) in [5.41, 5.74) is 1.48. The van der Waals surface area contributed by atoms with E-state index in [0.29, 0.717) is 27.3 Å². The molecule has 3 aromatic carbocycles. The molecule has 0 saturated carbocycles. The molecule has 4 amide bonds. The van der Waals surface area contributed by atoms with Gasteiger partial charge in [0.05, 0.1) is 15.7 Å². The molecule has 0 spiro atoms. The van der Waals surface area contributed by atoms with E-state index >= 15 is 0 Å². The fraction of sp³-hybridized carbons (Fsp3) is 0.0769. The highest BCUT2D eigenvalue weighted by molar-refractivity contribution is 9.10. The molecule has 37 heavy (non-hydrogen) atoms. The fourth-order valence-electron chi connectivity index (χ4n) is 3.71. The lowest BCUT2D eigenvalue weighted by Crippen LogP contribution is -2.54. The lowest BCUT2D eigenvalue weighted by atomic mass is 10.1. The van der Waals surface area contributed by atoms with Crippen LogP contribution in [-0.4, -0.2) is 35.7 Å². The van der Waals surface area contributed by atoms with Gasteiger partial charge in [-0.1, -0.05) is 18.2 Å². The highest BCUT2D eigenvalue weighted by Gasteiger charge is 2.37. The second kappa shape index (κ2) is 9.78. The first-order chi connectivity index (χ1) is 17.8. The number of hydrogen-bond acceptors (Lipinski definition) is 7. The first kappa shape index (κ1) is 24.1. The summed E-state index contributed by atoms with van der Waals surface area (Å²) in [4.78, 5) is 50.0. The maximum Gasteiger partial charge on any atom is 0.335 e. The number of rotatable bonds is 6. The number of fused-ring (bicyclic) bond motifs is 1. The third-order valence-electron chi connectivity index (χ3n) is 5.58. The first-order valence-corrected chi connectivity index (χ1v) is 11.6. The van der Waals surface area contributed by atoms with Crippen molar-refractivity contribution in [2.24, 2.45) is 0 Å². The molecule has 0 aromatic heterocycles. The number of carboxylic acid groups (broad SMARTS) is 1. The van der Waals surface area contributed by atoms with E-state index in [2.05, 4.69) is 21.2 Å². The second-order valence-electron chi connectivity index (χ2n) is 7.98. The van der Waals surface area contributed by atoms with E-state index in [4.69, 9.17) is 19.3 Å². The predicted octanol–water partition coefficient (Wildman–Crippen LogP) is 4.12. The van der Waals surface area contributed by atoms with Gasteiger partial charge in [-0.05, 0) is 69.5 Å². The van der Waals surface area contributed by atoms with Crippen molar-refractivity contribution in [1.29, 1.82) is 0 Å². The Hall–Kier alpha value is -4.64. The number of ether oxygens (including phenoxy) is 3. The van der Waals surface area contributed by atoms with Gasteiger partial charge in [-0.25, -0.2) is 14.5 Å². The van der Waals surface area contributed by atoms with Crippen LogP contribution in [0.5, 0.6) is 17.2 Å². The van der Waals surface area contributed by atoms with Crippen LogP contribution < -0.4 is 24.4 Å². The van der Waals surface area contributed by atoms with E-state index in [0.717, 1.165) is 10.5 Å². The number of carbonyl (C=O) groups excluding carboxylic acids is 3. The van der Waals surface area contributed by atoms with Crippen LogP contribution in [0, 0.1) is 0 Å². The van der Waals surface area contributed by atoms with Gasteiger partial charge in [-0.2, -0.15) is 0 Å². The van der Waals surface area contributed by atoms with E-state index in [1.165, 1.54) is 30.3 Å². The maximum atomic E-state index is 13.2. The fourth-order valence-corrected chi connectivity index (χ4v) is 4.22. The van der Waals surface area contributed by atoms with Crippen molar-refractivity contribution in [1.82, 2.24) is 5.32 Å². The van der Waals surface area contributed by atoms with Gasteiger partial charge in [0.1, 0.15) is 17.9 Å². The Balaban J connectivity index is 1.34. The van der Waals surface area contributed by atoms with Crippen molar-refractivity contribution < 1.29 is 38.5 Å². The highest BCUT2D eigenvalue weighted by Crippen LogP contribution is 2.36. The van der Waals surface area contributed by atoms with Gasteiger partial charge in [0.25, 0.3) is 11.8 Å². The molecule has 2 aliphatic heterocycles. The topological polar surface area (TPSA) is 131 Å². The Kier molecular flexibility index (Phi) is 6.36. The summed E-state index contributed by atoms with van der Waals surface area (Å²) < 4.78 is 16.9. The number of aromatic carboxylic acids is 1. The molecule has 10 nitrogen and oxygen atoms in total. The number of benzene rings is 3. The minimum atomic E-state index is -1.01. The quantitative estimate of drug-likeness (QED) is 0.337. The molecule has 2 N–H and O–H groups in total. The van der Waals surface area contributed by atoms with E-state index in [1.54, 1.807) is 36.4 Å². The summed E-state index contributed by atoms with van der Waals surface area (Å²) in [6.45, 7) is 0.237. The molecule has 3 aromatic rings. The Morgan fingerprint density at radius 1 is 1.03 bits per heavy atom. The number of nitrogens with zero attached hydrogens (tertiary/aromatic N) is 1. The monoisotopic (exact) mass is 564 g/mol. The molecule has 2 aliphatic rings. The molecule has 0 aliphatic carbocycles. The zero-order valence-corrected chi connectivity index (χ0v) is 20.5. The number of carbonyl (C=O) groups is 4. The van der Waals surface area contributed by atoms with Crippen LogP contribution in [0.3, 0.4) is 0 Å². The van der Waals surface area contributed by atoms with Crippen molar-refractivity contribution in [3.8, 4) is 17.2 Å². The molecule has 0 radical (unpaired) electrons. The number of hydrogen-bond donors (Lipinski definition) is 2. The normalized spacial score (nSPS) is 15.6. The van der Waals surface area contributed by atoms with Gasteiger partial charge in [0.2, 0.25) is 6.79 Å². The number of amides is 4. The van der Waals surface area contributed by atoms with Crippen molar-refractivity contribution in [3.63, 3.8) is 0 Å². The summed E-state index contributed by atoms with van der Waals surface area (Å²) in [7, 11) is 0. The minimum absolute atomic E-state index is 0.0359. The molecule has 0 unspecified atom stereocenters. The molecule has 0 atom stereocenters. The Labute approximate surface area is 218 Å². The molecule has 5 rings (SSSR count). The number of imide groups is 2. The van der Waals surface area contributed by atoms with Gasteiger partial charge < -0.3 is 19.3 Å². The van der Waals surface area contributed by atoms with Crippen molar-refractivity contribution in [2.45, 2.75) is 6.61 Å². The Morgan fingerprint density at radius 3 is 2.51 bits per heavy atom. The molecule has 0 bridgehead atoms. The SMILES string of the molecule is O=C1NC(=O)N(c2ccc3c(c2)OCO3)C(=O)/C1=C/c1ccc(OCc2ccc(C(=O)O)cc2)c(Br)c1. The molecule has 11 heteroatoms. The number of barbiturate groups is 1. The number of carboxylic acids is 1. The molecular formula is C26H17BrN2O8. The number of halogens is 1. The van der Waals surface area contributed by atoms with Crippen LogP contribution in [0.1, 0.15) is 21.5 Å². The van der Waals surface area contributed by atoms with Crippen LogP contribution >= 0.6 is 15.9 Å². The number of anilines is 1. The molecule has 186 valence electrons. The summed E-state index contributed by atoms with van der Waals surface area (Å²) in [5, 5.41) is 11.2. The smallest absolute Gasteiger partial charge is 0.335 e. The molecular weight excluding hydrogens is 548 g/mol. The standard InChI is InChI=1S/C26H17BrN2O8/c27-19-10-15(3-7-20(19)35-12-14-1-4-16(5-2-14)25(32)33)9-18-23(30)28-26(34)29(24(18)31)17-6-8-21-22(11-17)37-13-36-21/h1-11H,12-13H2,(H,32,33)(H,28,30,34)/b18-9+. The minimum Gasteiger partial charge on any atom is -0.488 e. The Bertz CT molecular complexity index is 1480. The number of nitrogens with one attached hydrogen (secondary N) is 1. The summed E-state index contributed by atoms with van der Waals surface area (Å²) in [6.07, 6.45) is 1.38. The Morgan fingerprint density at radius 2 is 1.78 bits per heavy atom. The van der Waals surface area contributed by atoms with Crippen LogP contribution in [0.15, 0.2) is 70.7 Å². The average molecular weight is 565 g/mol. The highest BCUT2D eigenvalue weighted by atomic mass is 79.9. The molecule has 1 fully saturated rings. The lowest BCUT2D eigenvalue weighted by Gasteiger charge is -2.26. The zero-order valence-electron chi connectivity index (χ0n) is 18.9. The summed E-state index contributed by atoms with van der Waals surface area (Å²) >= 11 is 3.43. The van der Waals surface area contributed by atoms with Gasteiger partial charge in [0.15, 0.2) is 11.5 Å². The second-order valence-corrected chi connectivity index (χ2v) is 8.83. The van der Waals surface area contributed by atoms with Gasteiger partial charge in [-0.3, -0.25) is 14.9 Å². The molecule has 2 heterocycles. The van der Waals surface area contributed by atoms with Crippen molar-refractivity contribution in [2.75, 3.05) is 11.7 Å². The maximum absolute atomic E-state index is 13.2. The third-order valence-corrected chi connectivity index (χ3v) is 6.20. The van der Waals surface area contributed by atoms with E-state index in [-0.39, 0.29) is 30.2 Å². The average Bonchev–Trinajstić information content (AvgIpc) is 3.34. The summed E-state index contributed by atoms with van der Waals surface area (Å²) in [5.74, 6) is -1.22. The van der Waals surface area contributed by atoms with Gasteiger partial charge in [-0.15, -0.1) is 0 Å². The van der Waals surface area contributed by atoms with E-state index in [9.17, 15) is 19.2 Å². The van der Waals surface area contributed by atoms with Crippen molar-refractivity contribution >= 4 is 51.5 Å². The zero-order chi connectivity index (χ0) is 26.1. The summed E-state index contributed by atoms with van der Waals surface area (Å²) in [6, 6.07) is 15.0. The van der Waals surface area contributed by atoms with Gasteiger partial charge in [0, 0.05) is 6.07 Å². The van der Waals surface area contributed by atoms with E-state index < -0.39 is 23.8 Å². The van der Waals surface area contributed by atoms with Crippen molar-refractivity contribution in [3.05, 3.63) is 87.4 Å². The van der Waals surface area contributed by atoms with E-state index in [1.807, 2.05) is 0 Å². The molecule has 1 saturated heterocycles. The lowest BCUT2D eigenvalue weighted by molar-refractivity contribution is -0.122. The van der Waals surface area contributed by atoms with Crippen LogP contribution in [0.2, 0.25) is 0 Å². The number of urea groups is 1. The predicted molar refractivity (Wildman–Crippen MR) is 133 cm³/mol. The van der Waals surface area contributed by atoms with Crippen LogP contribution in [0.25, 0.3) is 6.08 Å².